The van der Waals surface area contributed by atoms with Crippen LogP contribution in [0.4, 0.5) is 0 Å². The van der Waals surface area contributed by atoms with E-state index in [1.807, 2.05) is 84.9 Å². The van der Waals surface area contributed by atoms with Crippen LogP contribution in [0.25, 0.3) is 40.5 Å². The summed E-state index contributed by atoms with van der Waals surface area (Å²) in [6.45, 7) is 0. The number of benzene rings is 6. The Kier molecular flexibility index (Phi) is 10.9. The molecule has 0 saturated heterocycles. The molecule has 0 aliphatic carbocycles. The highest BCUT2D eigenvalue weighted by Gasteiger charge is 2.18. The first kappa shape index (κ1) is 36.6. The number of hydrogen-bond acceptors (Lipinski definition) is 8. The molecule has 0 spiro atoms. The van der Waals surface area contributed by atoms with Crippen molar-refractivity contribution in [3.8, 4) is 40.5 Å². The molecule has 0 atom stereocenters. The number of rotatable bonds is 12. The van der Waals surface area contributed by atoms with E-state index < -0.39 is 0 Å². The Hall–Kier alpha value is -7.36. The van der Waals surface area contributed by atoms with Gasteiger partial charge in [0.25, 0.3) is 5.95 Å². The highest BCUT2D eigenvalue weighted by atomic mass is 35.5. The Labute approximate surface area is 335 Å². The van der Waals surface area contributed by atoms with Crippen molar-refractivity contribution in [1.82, 2.24) is 29.9 Å². The van der Waals surface area contributed by atoms with Crippen LogP contribution in [0.5, 0.6) is 23.3 Å². The van der Waals surface area contributed by atoms with Crippen LogP contribution in [0.1, 0.15) is 33.4 Å². The molecule has 10 heteroatoms. The Morgan fingerprint density at radius 2 is 1.07 bits per heavy atom. The molecule has 57 heavy (non-hydrogen) atoms. The Bertz CT molecular complexity index is 2600. The lowest BCUT2D eigenvalue weighted by Gasteiger charge is -2.18. The summed E-state index contributed by atoms with van der Waals surface area (Å²) in [5.41, 5.74) is 10.1. The first-order valence-corrected chi connectivity index (χ1v) is 18.5. The van der Waals surface area contributed by atoms with Gasteiger partial charge in [0.1, 0.15) is 17.2 Å². The van der Waals surface area contributed by atoms with Gasteiger partial charge >= 0.3 is 6.01 Å². The molecule has 0 aliphatic rings. The summed E-state index contributed by atoms with van der Waals surface area (Å²) in [6.07, 6.45) is 5.63. The monoisotopic (exact) mass is 766 g/mol. The molecule has 0 amide bonds. The zero-order chi connectivity index (χ0) is 39.0. The minimum Gasteiger partial charge on any atom is -0.497 e. The summed E-state index contributed by atoms with van der Waals surface area (Å²) in [4.78, 5) is 13.1. The summed E-state index contributed by atoms with van der Waals surface area (Å²) < 4.78 is 18.3. The fourth-order valence-corrected chi connectivity index (χ4v) is 6.59. The van der Waals surface area contributed by atoms with Crippen molar-refractivity contribution < 1.29 is 14.2 Å². The van der Waals surface area contributed by atoms with Gasteiger partial charge in [0, 0.05) is 11.6 Å². The second kappa shape index (κ2) is 17.0. The maximum atomic E-state index is 6.41. The van der Waals surface area contributed by atoms with E-state index in [-0.39, 0.29) is 17.2 Å². The van der Waals surface area contributed by atoms with Crippen LogP contribution in [-0.4, -0.2) is 44.2 Å². The molecule has 0 fully saturated rings. The number of halogens is 1. The molecule has 8 aromatic rings. The van der Waals surface area contributed by atoms with Crippen molar-refractivity contribution in [2.45, 2.75) is 0 Å². The highest BCUT2D eigenvalue weighted by Crippen LogP contribution is 2.37. The minimum absolute atomic E-state index is 0.0144. The second-order valence-electron chi connectivity index (χ2n) is 12.8. The van der Waals surface area contributed by atoms with E-state index in [0.29, 0.717) is 22.9 Å². The number of ether oxygens (including phenoxy) is 3. The van der Waals surface area contributed by atoms with Crippen LogP contribution in [-0.2, 0) is 0 Å². The summed E-state index contributed by atoms with van der Waals surface area (Å²) >= 11 is 6.41. The van der Waals surface area contributed by atoms with Crippen LogP contribution >= 0.6 is 11.6 Å². The number of hydrogen-bond donors (Lipinski definition) is 0. The molecule has 0 bridgehead atoms. The zero-order valence-electron chi connectivity index (χ0n) is 31.0. The Morgan fingerprint density at radius 1 is 0.544 bits per heavy atom. The number of methoxy groups -OCH3 is 2. The number of aromatic nitrogens is 6. The van der Waals surface area contributed by atoms with Crippen molar-refractivity contribution in [2.24, 2.45) is 0 Å². The quantitative estimate of drug-likeness (QED) is 0.113. The molecule has 8 rings (SSSR count). The van der Waals surface area contributed by atoms with E-state index in [1.165, 1.54) is 4.68 Å². The second-order valence-corrected chi connectivity index (χ2v) is 13.1. The average Bonchev–Trinajstić information content (AvgIpc) is 3.76. The first-order valence-electron chi connectivity index (χ1n) is 18.1. The van der Waals surface area contributed by atoms with E-state index in [4.69, 9.17) is 25.8 Å². The van der Waals surface area contributed by atoms with Gasteiger partial charge in [0.05, 0.1) is 26.1 Å². The van der Waals surface area contributed by atoms with Gasteiger partial charge in [-0.25, -0.2) is 0 Å². The summed E-state index contributed by atoms with van der Waals surface area (Å²) in [5.74, 6) is 2.11. The minimum atomic E-state index is -0.0490. The molecular formula is C47H35ClN6O3. The third-order valence-corrected chi connectivity index (χ3v) is 9.32. The predicted molar refractivity (Wildman–Crippen MR) is 225 cm³/mol. The molecular weight excluding hydrogens is 732 g/mol. The fourth-order valence-electron chi connectivity index (χ4n) is 6.45. The van der Waals surface area contributed by atoms with E-state index in [1.54, 1.807) is 20.4 Å². The van der Waals surface area contributed by atoms with Crippen molar-refractivity contribution in [1.29, 1.82) is 0 Å². The van der Waals surface area contributed by atoms with Gasteiger partial charge in [-0.15, -0.1) is 5.10 Å². The van der Waals surface area contributed by atoms with Gasteiger partial charge < -0.3 is 14.2 Å². The maximum Gasteiger partial charge on any atom is 0.328 e. The molecule has 0 unspecified atom stereocenters. The molecule has 0 aliphatic heterocycles. The van der Waals surface area contributed by atoms with Crippen LogP contribution < -0.4 is 14.2 Å². The van der Waals surface area contributed by atoms with Gasteiger partial charge in [-0.05, 0) is 80.4 Å². The molecule has 9 nitrogen and oxygen atoms in total. The van der Waals surface area contributed by atoms with E-state index in [9.17, 15) is 0 Å². The third kappa shape index (κ3) is 8.49. The lowest BCUT2D eigenvalue weighted by molar-refractivity contribution is 0.394. The van der Waals surface area contributed by atoms with Crippen LogP contribution in [0, 0.1) is 0 Å². The fraction of sp³-hybridized carbons (Fsp3) is 0.0426. The molecule has 2 aromatic heterocycles. The van der Waals surface area contributed by atoms with Crippen LogP contribution in [0.2, 0.25) is 5.28 Å². The van der Waals surface area contributed by atoms with Crippen molar-refractivity contribution in [3.63, 3.8) is 0 Å². The summed E-state index contributed by atoms with van der Waals surface area (Å²) in [7, 11) is 3.25. The van der Waals surface area contributed by atoms with Crippen LogP contribution in [0.3, 0.4) is 0 Å². The average molecular weight is 767 g/mol. The molecule has 0 saturated carbocycles. The first-order chi connectivity index (χ1) is 28.0. The predicted octanol–water partition coefficient (Wildman–Crippen LogP) is 10.8. The Balaban J connectivity index is 1.07. The molecule has 6 aromatic carbocycles. The van der Waals surface area contributed by atoms with Gasteiger partial charge in [0.15, 0.2) is 0 Å². The van der Waals surface area contributed by atoms with E-state index >= 15 is 0 Å². The summed E-state index contributed by atoms with van der Waals surface area (Å²) in [5, 5.41) is 8.46. The van der Waals surface area contributed by atoms with Crippen molar-refractivity contribution in [2.75, 3.05) is 14.2 Å². The standard InChI is InChI=1S/C47H35ClN6O3/c1-55-40-28-33(29-41(30-40)56-2)19-18-32-20-26-39(27-21-32)57-47-51-45(48)50-46(52-47)54-42(31-49-53-54)34-22-24-38(25-23-34)44(37-16-10-5-11-17-37)43(35-12-6-3-7-13-35)36-14-8-4-9-15-36/h3-31H,1-2H3. The summed E-state index contributed by atoms with van der Waals surface area (Å²) in [6, 6.07) is 52.9. The van der Waals surface area contributed by atoms with Crippen molar-refractivity contribution in [3.05, 3.63) is 203 Å². The van der Waals surface area contributed by atoms with Crippen molar-refractivity contribution >= 4 is 34.9 Å². The van der Waals surface area contributed by atoms with E-state index in [2.05, 4.69) is 110 Å². The topological polar surface area (TPSA) is 97.1 Å². The normalized spacial score (nSPS) is 11.0. The third-order valence-electron chi connectivity index (χ3n) is 9.15. The maximum absolute atomic E-state index is 6.41. The largest absolute Gasteiger partial charge is 0.497 e. The van der Waals surface area contributed by atoms with E-state index in [0.717, 1.165) is 50.1 Å². The molecule has 0 N–H and O–H groups in total. The lowest BCUT2D eigenvalue weighted by atomic mass is 9.85. The van der Waals surface area contributed by atoms with Crippen LogP contribution in [0.15, 0.2) is 164 Å². The molecule has 2 heterocycles. The molecule has 0 radical (unpaired) electrons. The lowest BCUT2D eigenvalue weighted by Crippen LogP contribution is -2.07. The molecule has 278 valence electrons. The number of nitrogens with zero attached hydrogens (tertiary/aromatic N) is 6. The van der Waals surface area contributed by atoms with Gasteiger partial charge in [0.2, 0.25) is 5.28 Å². The Morgan fingerprint density at radius 3 is 1.61 bits per heavy atom. The SMILES string of the molecule is COc1cc(C=Cc2ccc(Oc3nc(Cl)nc(-n4nncc4-c4ccc(C(=C(c5ccccc5)c5ccccc5)c5ccccc5)cc4)n3)cc2)cc(OC)c1. The van der Waals surface area contributed by atoms with Gasteiger partial charge in [-0.1, -0.05) is 145 Å². The highest BCUT2D eigenvalue weighted by molar-refractivity contribution is 6.28. The van der Waals surface area contributed by atoms with Gasteiger partial charge in [-0.3, -0.25) is 0 Å². The zero-order valence-corrected chi connectivity index (χ0v) is 31.8. The van der Waals surface area contributed by atoms with Gasteiger partial charge in [-0.2, -0.15) is 19.6 Å². The smallest absolute Gasteiger partial charge is 0.328 e.